The topological polar surface area (TPSA) is 55.1 Å². The molecule has 100 valence electrons. The molecule has 3 heteroatoms. The van der Waals surface area contributed by atoms with Crippen LogP contribution in [0.4, 0.5) is 0 Å². The van der Waals surface area contributed by atoms with Crippen LogP contribution in [0.2, 0.25) is 0 Å². The highest BCUT2D eigenvalue weighted by molar-refractivity contribution is 5.94. The van der Waals surface area contributed by atoms with Crippen LogP contribution in [0.5, 0.6) is 0 Å². The van der Waals surface area contributed by atoms with Gasteiger partial charge in [-0.15, -0.1) is 0 Å². The zero-order valence-electron chi connectivity index (χ0n) is 11.8. The summed E-state index contributed by atoms with van der Waals surface area (Å²) in [5.41, 5.74) is 7.60. The maximum absolute atomic E-state index is 12.0. The summed E-state index contributed by atoms with van der Waals surface area (Å²) in [7, 11) is 0. The van der Waals surface area contributed by atoms with Gasteiger partial charge < -0.3 is 11.1 Å². The van der Waals surface area contributed by atoms with Crippen molar-refractivity contribution in [3.8, 4) is 0 Å². The molecule has 1 aromatic rings. The molecule has 1 atom stereocenters. The smallest absolute Gasteiger partial charge is 0.251 e. The maximum Gasteiger partial charge on any atom is 0.251 e. The van der Waals surface area contributed by atoms with Crippen molar-refractivity contribution in [1.82, 2.24) is 5.32 Å². The monoisotopic (exact) mass is 248 g/mol. The number of hydrogen-bond donors (Lipinski definition) is 2. The van der Waals surface area contributed by atoms with Gasteiger partial charge in [0, 0.05) is 18.2 Å². The summed E-state index contributed by atoms with van der Waals surface area (Å²) in [6, 6.07) is 7.83. The van der Waals surface area contributed by atoms with E-state index >= 15 is 0 Å². The van der Waals surface area contributed by atoms with E-state index in [1.165, 1.54) is 5.56 Å². The predicted molar refractivity (Wildman–Crippen MR) is 75.7 cm³/mol. The second-order valence-corrected chi connectivity index (χ2v) is 5.64. The molecule has 1 aromatic carbocycles. The summed E-state index contributed by atoms with van der Waals surface area (Å²) in [5.74, 6) is -0.0484. The largest absolute Gasteiger partial charge is 0.348 e. The molecule has 0 spiro atoms. The van der Waals surface area contributed by atoms with Crippen LogP contribution in [0.25, 0.3) is 0 Å². The summed E-state index contributed by atoms with van der Waals surface area (Å²) < 4.78 is 0. The van der Waals surface area contributed by atoms with Gasteiger partial charge in [-0.05, 0) is 29.5 Å². The summed E-state index contributed by atoms with van der Waals surface area (Å²) in [4.78, 5) is 12.0. The van der Waals surface area contributed by atoms with Gasteiger partial charge in [0.15, 0.2) is 0 Å². The normalized spacial score (nSPS) is 13.2. The Morgan fingerprint density at radius 3 is 2.22 bits per heavy atom. The Balaban J connectivity index is 2.76. The molecular weight excluding hydrogens is 224 g/mol. The van der Waals surface area contributed by atoms with E-state index in [1.54, 1.807) is 0 Å². The van der Waals surface area contributed by atoms with Crippen molar-refractivity contribution in [2.24, 2.45) is 5.73 Å². The molecular formula is C15H24N2O. The first kappa shape index (κ1) is 14.7. The molecule has 1 amide bonds. The minimum Gasteiger partial charge on any atom is -0.348 e. The molecule has 0 radical (unpaired) electrons. The van der Waals surface area contributed by atoms with Crippen LogP contribution in [-0.2, 0) is 5.41 Å². The number of benzene rings is 1. The van der Waals surface area contributed by atoms with Crippen LogP contribution in [-0.4, -0.2) is 18.5 Å². The van der Waals surface area contributed by atoms with E-state index in [4.69, 9.17) is 5.73 Å². The fourth-order valence-electron chi connectivity index (χ4n) is 1.72. The van der Waals surface area contributed by atoms with Crippen molar-refractivity contribution in [2.75, 3.05) is 6.54 Å². The van der Waals surface area contributed by atoms with E-state index in [0.29, 0.717) is 12.1 Å². The molecule has 0 fully saturated rings. The van der Waals surface area contributed by atoms with Crippen molar-refractivity contribution in [3.63, 3.8) is 0 Å². The Morgan fingerprint density at radius 2 is 1.83 bits per heavy atom. The first-order valence-corrected chi connectivity index (χ1v) is 6.50. The van der Waals surface area contributed by atoms with Crippen LogP contribution >= 0.6 is 0 Å². The van der Waals surface area contributed by atoms with E-state index in [-0.39, 0.29) is 17.4 Å². The van der Waals surface area contributed by atoms with Gasteiger partial charge in [0.2, 0.25) is 0 Å². The Kier molecular flexibility index (Phi) is 4.91. The van der Waals surface area contributed by atoms with Gasteiger partial charge in [0.05, 0.1) is 0 Å². The van der Waals surface area contributed by atoms with Gasteiger partial charge >= 0.3 is 0 Å². The van der Waals surface area contributed by atoms with Gasteiger partial charge in [-0.3, -0.25) is 4.79 Å². The van der Waals surface area contributed by atoms with Crippen molar-refractivity contribution < 1.29 is 4.79 Å². The van der Waals surface area contributed by atoms with Crippen molar-refractivity contribution >= 4 is 5.91 Å². The molecule has 3 nitrogen and oxygen atoms in total. The molecule has 3 N–H and O–H groups in total. The lowest BCUT2D eigenvalue weighted by Gasteiger charge is -2.19. The lowest BCUT2D eigenvalue weighted by atomic mass is 9.86. The summed E-state index contributed by atoms with van der Waals surface area (Å²) in [6.45, 7) is 8.96. The number of carbonyl (C=O) groups excluding carboxylic acids is 1. The average Bonchev–Trinajstić information content (AvgIpc) is 2.34. The highest BCUT2D eigenvalue weighted by Crippen LogP contribution is 2.22. The fourth-order valence-corrected chi connectivity index (χ4v) is 1.72. The third-order valence-corrected chi connectivity index (χ3v) is 3.13. The highest BCUT2D eigenvalue weighted by atomic mass is 16.1. The van der Waals surface area contributed by atoms with Crippen molar-refractivity contribution in [3.05, 3.63) is 35.4 Å². The third kappa shape index (κ3) is 3.84. The molecule has 0 aliphatic heterocycles. The van der Waals surface area contributed by atoms with Gasteiger partial charge in [-0.1, -0.05) is 39.8 Å². The number of nitrogens with two attached hydrogens (primary N) is 1. The second-order valence-electron chi connectivity index (χ2n) is 5.64. The lowest BCUT2D eigenvalue weighted by Crippen LogP contribution is -2.39. The highest BCUT2D eigenvalue weighted by Gasteiger charge is 2.15. The average molecular weight is 248 g/mol. The zero-order chi connectivity index (χ0) is 13.8. The van der Waals surface area contributed by atoms with Crippen LogP contribution in [0, 0.1) is 0 Å². The Hall–Kier alpha value is -1.35. The van der Waals surface area contributed by atoms with E-state index in [1.807, 2.05) is 31.2 Å². The Bertz CT molecular complexity index is 386. The second kappa shape index (κ2) is 6.01. The van der Waals surface area contributed by atoms with E-state index in [0.717, 1.165) is 6.42 Å². The molecule has 0 aliphatic carbocycles. The molecule has 0 bridgehead atoms. The molecule has 0 saturated carbocycles. The summed E-state index contributed by atoms with van der Waals surface area (Å²) >= 11 is 0. The van der Waals surface area contributed by atoms with Crippen LogP contribution < -0.4 is 11.1 Å². The number of nitrogens with one attached hydrogen (secondary N) is 1. The van der Waals surface area contributed by atoms with Crippen LogP contribution in [0.1, 0.15) is 50.0 Å². The van der Waals surface area contributed by atoms with Gasteiger partial charge in [0.1, 0.15) is 0 Å². The predicted octanol–water partition coefficient (Wildman–Crippen LogP) is 2.45. The minimum atomic E-state index is -0.0484. The summed E-state index contributed by atoms with van der Waals surface area (Å²) in [5, 5.41) is 2.93. The third-order valence-electron chi connectivity index (χ3n) is 3.13. The number of carbonyl (C=O) groups is 1. The molecule has 0 aromatic heterocycles. The maximum atomic E-state index is 12.0. The van der Waals surface area contributed by atoms with Crippen LogP contribution in [0.3, 0.4) is 0 Å². The van der Waals surface area contributed by atoms with Gasteiger partial charge in [-0.25, -0.2) is 0 Å². The molecule has 18 heavy (non-hydrogen) atoms. The quantitative estimate of drug-likeness (QED) is 0.860. The van der Waals surface area contributed by atoms with Crippen molar-refractivity contribution in [1.29, 1.82) is 0 Å². The first-order valence-electron chi connectivity index (χ1n) is 6.50. The van der Waals surface area contributed by atoms with E-state index in [9.17, 15) is 4.79 Å². The Labute approximate surface area is 110 Å². The van der Waals surface area contributed by atoms with Crippen molar-refractivity contribution in [2.45, 2.75) is 45.6 Å². The fraction of sp³-hybridized carbons (Fsp3) is 0.533. The molecule has 0 saturated heterocycles. The SMILES string of the molecule is CCC(CN)NC(=O)c1ccc(C(C)(C)C)cc1. The number of amides is 1. The van der Waals surface area contributed by atoms with Gasteiger partial charge in [0.25, 0.3) is 5.91 Å². The van der Waals surface area contributed by atoms with Crippen LogP contribution in [0.15, 0.2) is 24.3 Å². The lowest BCUT2D eigenvalue weighted by molar-refractivity contribution is 0.0937. The standard InChI is InChI=1S/C15H24N2O/c1-5-13(10-16)17-14(18)11-6-8-12(9-7-11)15(2,3)4/h6-9,13H,5,10,16H2,1-4H3,(H,17,18). The molecule has 0 heterocycles. The minimum absolute atomic E-state index is 0.0484. The first-order chi connectivity index (χ1) is 8.38. The number of rotatable bonds is 4. The van der Waals surface area contributed by atoms with E-state index < -0.39 is 0 Å². The number of hydrogen-bond acceptors (Lipinski definition) is 2. The van der Waals surface area contributed by atoms with Gasteiger partial charge in [-0.2, -0.15) is 0 Å². The molecule has 1 rings (SSSR count). The molecule has 0 aliphatic rings. The van der Waals surface area contributed by atoms with E-state index in [2.05, 4.69) is 26.1 Å². The summed E-state index contributed by atoms with van der Waals surface area (Å²) in [6.07, 6.45) is 0.850. The molecule has 1 unspecified atom stereocenters. The Morgan fingerprint density at radius 1 is 1.28 bits per heavy atom. The zero-order valence-corrected chi connectivity index (χ0v) is 11.8.